The first-order valence-electron chi connectivity index (χ1n) is 9.28. The molecule has 2 amide bonds. The van der Waals surface area contributed by atoms with E-state index in [-0.39, 0.29) is 48.2 Å². The van der Waals surface area contributed by atoms with Crippen LogP contribution in [0, 0.1) is 31.5 Å². The highest BCUT2D eigenvalue weighted by molar-refractivity contribution is 6.23. The van der Waals surface area contributed by atoms with E-state index >= 15 is 0 Å². The van der Waals surface area contributed by atoms with Crippen LogP contribution in [0.3, 0.4) is 0 Å². The molecule has 1 aromatic heterocycles. The van der Waals surface area contributed by atoms with E-state index in [4.69, 9.17) is 4.74 Å². The molecule has 0 spiro atoms. The minimum atomic E-state index is -0.370. The van der Waals surface area contributed by atoms with Gasteiger partial charge in [0.15, 0.2) is 0 Å². The Morgan fingerprint density at radius 3 is 2.37 bits per heavy atom. The fourth-order valence-electron chi connectivity index (χ4n) is 4.89. The molecule has 3 aliphatic heterocycles. The molecule has 7 heteroatoms. The third-order valence-corrected chi connectivity index (χ3v) is 6.13. The van der Waals surface area contributed by atoms with Gasteiger partial charge in [-0.25, -0.2) is 9.29 Å². The summed E-state index contributed by atoms with van der Waals surface area (Å²) in [5.41, 5.74) is 2.33. The number of amides is 2. The van der Waals surface area contributed by atoms with Crippen LogP contribution in [-0.2, 0) is 20.9 Å². The number of anilines is 1. The Hall–Kier alpha value is -2.54. The third-order valence-electron chi connectivity index (χ3n) is 6.13. The monoisotopic (exact) mass is 369 g/mol. The number of imide groups is 1. The van der Waals surface area contributed by atoms with E-state index in [1.165, 1.54) is 11.0 Å². The topological polar surface area (TPSA) is 64.4 Å². The van der Waals surface area contributed by atoms with Gasteiger partial charge in [0, 0.05) is 5.56 Å². The van der Waals surface area contributed by atoms with Crippen molar-refractivity contribution >= 4 is 17.5 Å². The predicted molar refractivity (Wildman–Crippen MR) is 94.6 cm³/mol. The van der Waals surface area contributed by atoms with E-state index in [0.717, 1.165) is 12.8 Å². The van der Waals surface area contributed by atoms with Gasteiger partial charge in [0.1, 0.15) is 5.82 Å². The molecule has 1 aromatic carbocycles. The largest absolute Gasteiger partial charge is 0.373 e. The van der Waals surface area contributed by atoms with E-state index in [9.17, 15) is 14.0 Å². The molecule has 5 rings (SSSR count). The zero-order chi connectivity index (χ0) is 18.9. The molecule has 6 nitrogen and oxygen atoms in total. The first-order valence-corrected chi connectivity index (χ1v) is 9.28. The van der Waals surface area contributed by atoms with Crippen molar-refractivity contribution in [3.05, 3.63) is 47.0 Å². The summed E-state index contributed by atoms with van der Waals surface area (Å²) >= 11 is 0. The van der Waals surface area contributed by atoms with Gasteiger partial charge in [-0.2, -0.15) is 5.10 Å². The Morgan fingerprint density at radius 2 is 1.74 bits per heavy atom. The van der Waals surface area contributed by atoms with Gasteiger partial charge in [-0.3, -0.25) is 14.3 Å². The number of carbonyl (C=O) groups is 2. The second kappa shape index (κ2) is 5.73. The van der Waals surface area contributed by atoms with Crippen LogP contribution < -0.4 is 4.90 Å². The number of rotatable bonds is 3. The SMILES string of the molecule is Cc1nn(Cc2ccccc2F)c(C)c1N1C(=O)[C@@H]2[C@@H](C1=O)[C@H]1CC[C@@H]2O1. The summed E-state index contributed by atoms with van der Waals surface area (Å²) in [5.74, 6) is -1.42. The number of benzene rings is 1. The maximum absolute atomic E-state index is 14.0. The van der Waals surface area contributed by atoms with Gasteiger partial charge in [0.2, 0.25) is 11.8 Å². The Balaban J connectivity index is 1.51. The number of hydrogen-bond acceptors (Lipinski definition) is 4. The lowest BCUT2D eigenvalue weighted by molar-refractivity contribution is -0.124. The summed E-state index contributed by atoms with van der Waals surface area (Å²) in [7, 11) is 0. The van der Waals surface area contributed by atoms with Crippen LogP contribution in [0.5, 0.6) is 0 Å². The highest BCUT2D eigenvalue weighted by atomic mass is 19.1. The van der Waals surface area contributed by atoms with Crippen LogP contribution in [0.25, 0.3) is 0 Å². The van der Waals surface area contributed by atoms with E-state index in [1.807, 2.05) is 6.92 Å². The second-order valence-corrected chi connectivity index (χ2v) is 7.62. The van der Waals surface area contributed by atoms with Crippen LogP contribution in [0.2, 0.25) is 0 Å². The van der Waals surface area contributed by atoms with Gasteiger partial charge in [0.25, 0.3) is 0 Å². The lowest BCUT2D eigenvalue weighted by atomic mass is 9.81. The van der Waals surface area contributed by atoms with Crippen molar-refractivity contribution in [3.63, 3.8) is 0 Å². The second-order valence-electron chi connectivity index (χ2n) is 7.62. The number of nitrogens with zero attached hydrogens (tertiary/aromatic N) is 3. The summed E-state index contributed by atoms with van der Waals surface area (Å²) in [6.07, 6.45) is 1.39. The van der Waals surface area contributed by atoms with E-state index < -0.39 is 0 Å². The van der Waals surface area contributed by atoms with Crippen molar-refractivity contribution in [2.75, 3.05) is 4.90 Å². The fraction of sp³-hybridized carbons (Fsp3) is 0.450. The summed E-state index contributed by atoms with van der Waals surface area (Å²) in [4.78, 5) is 27.4. The van der Waals surface area contributed by atoms with Gasteiger partial charge in [-0.15, -0.1) is 0 Å². The molecule has 0 aliphatic carbocycles. The summed E-state index contributed by atoms with van der Waals surface area (Å²) in [5, 5.41) is 4.48. The molecule has 0 radical (unpaired) electrons. The van der Waals surface area contributed by atoms with Crippen molar-refractivity contribution in [2.24, 2.45) is 11.8 Å². The minimum absolute atomic E-state index is 0.143. The first-order chi connectivity index (χ1) is 13.0. The van der Waals surface area contributed by atoms with Gasteiger partial charge >= 0.3 is 0 Å². The van der Waals surface area contributed by atoms with Crippen LogP contribution in [0.15, 0.2) is 24.3 Å². The molecule has 140 valence electrons. The van der Waals surface area contributed by atoms with Crippen molar-refractivity contribution in [2.45, 2.75) is 45.4 Å². The molecule has 3 fully saturated rings. The quantitative estimate of drug-likeness (QED) is 0.779. The molecule has 4 atom stereocenters. The average Bonchev–Trinajstić information content (AvgIpc) is 3.37. The Kier molecular flexibility index (Phi) is 3.53. The van der Waals surface area contributed by atoms with E-state index in [0.29, 0.717) is 22.6 Å². The molecule has 0 unspecified atom stereocenters. The Labute approximate surface area is 155 Å². The Bertz CT molecular complexity index is 941. The number of fused-ring (bicyclic) bond motifs is 5. The van der Waals surface area contributed by atoms with Crippen LogP contribution in [0.4, 0.5) is 10.1 Å². The number of aryl methyl sites for hydroxylation is 1. The first kappa shape index (κ1) is 16.6. The lowest BCUT2D eigenvalue weighted by Crippen LogP contribution is -2.35. The highest BCUT2D eigenvalue weighted by Gasteiger charge is 2.63. The number of aromatic nitrogens is 2. The predicted octanol–water partition coefficient (Wildman–Crippen LogP) is 2.35. The molecule has 4 heterocycles. The molecular weight excluding hydrogens is 349 g/mol. The van der Waals surface area contributed by atoms with Crippen molar-refractivity contribution in [3.8, 4) is 0 Å². The van der Waals surface area contributed by atoms with Gasteiger partial charge in [0.05, 0.1) is 47.7 Å². The molecule has 0 saturated carbocycles. The van der Waals surface area contributed by atoms with E-state index in [2.05, 4.69) is 5.10 Å². The number of ether oxygens (including phenoxy) is 1. The lowest BCUT2D eigenvalue weighted by Gasteiger charge is -2.18. The molecule has 3 aliphatic rings. The maximum atomic E-state index is 14.0. The summed E-state index contributed by atoms with van der Waals surface area (Å²) in [6.45, 7) is 3.84. The molecule has 0 N–H and O–H groups in total. The highest BCUT2D eigenvalue weighted by Crippen LogP contribution is 2.50. The average molecular weight is 369 g/mol. The number of carbonyl (C=O) groups excluding carboxylic acids is 2. The standard InChI is InChI=1S/C20H20FN3O3/c1-10-18(11(2)23(22-10)9-12-5-3-4-6-13(12)21)24-19(25)16-14-7-8-15(27-14)17(16)20(24)26/h3-6,14-17H,7-9H2,1-2H3/t14-,15+,16-,17-/m0/s1. The minimum Gasteiger partial charge on any atom is -0.373 e. The molecule has 2 bridgehead atoms. The van der Waals surface area contributed by atoms with Crippen LogP contribution in [-0.4, -0.2) is 33.8 Å². The van der Waals surface area contributed by atoms with Gasteiger partial charge in [-0.05, 0) is 32.8 Å². The smallest absolute Gasteiger partial charge is 0.240 e. The van der Waals surface area contributed by atoms with Crippen LogP contribution in [0.1, 0.15) is 29.8 Å². The molecule has 3 saturated heterocycles. The zero-order valence-electron chi connectivity index (χ0n) is 15.2. The third kappa shape index (κ3) is 2.24. The summed E-state index contributed by atoms with van der Waals surface area (Å²) in [6, 6.07) is 6.53. The molecular formula is C20H20FN3O3. The normalized spacial score (nSPS) is 29.1. The maximum Gasteiger partial charge on any atom is 0.240 e. The Morgan fingerprint density at radius 1 is 1.11 bits per heavy atom. The number of hydrogen-bond donors (Lipinski definition) is 0. The van der Waals surface area contributed by atoms with Gasteiger partial charge < -0.3 is 4.74 Å². The van der Waals surface area contributed by atoms with Crippen molar-refractivity contribution < 1.29 is 18.7 Å². The van der Waals surface area contributed by atoms with Crippen molar-refractivity contribution in [1.29, 1.82) is 0 Å². The summed E-state index contributed by atoms with van der Waals surface area (Å²) < 4.78 is 21.5. The zero-order valence-corrected chi connectivity index (χ0v) is 15.2. The van der Waals surface area contributed by atoms with Gasteiger partial charge in [-0.1, -0.05) is 18.2 Å². The van der Waals surface area contributed by atoms with Crippen molar-refractivity contribution in [1.82, 2.24) is 9.78 Å². The molecule has 27 heavy (non-hydrogen) atoms. The fourth-order valence-corrected chi connectivity index (χ4v) is 4.89. The molecule has 2 aromatic rings. The number of halogens is 1. The van der Waals surface area contributed by atoms with Crippen LogP contribution >= 0.6 is 0 Å². The van der Waals surface area contributed by atoms with E-state index in [1.54, 1.807) is 29.8 Å².